The van der Waals surface area contributed by atoms with Crippen LogP contribution in [0.5, 0.6) is 11.5 Å². The molecule has 1 amide bonds. The number of hydrogen-bond acceptors (Lipinski definition) is 6. The summed E-state index contributed by atoms with van der Waals surface area (Å²) in [6, 6.07) is 12.1. The molecule has 1 saturated heterocycles. The van der Waals surface area contributed by atoms with Gasteiger partial charge in [-0.3, -0.25) is 14.2 Å². The van der Waals surface area contributed by atoms with Gasteiger partial charge < -0.3 is 24.3 Å². The van der Waals surface area contributed by atoms with E-state index in [4.69, 9.17) is 21.7 Å². The van der Waals surface area contributed by atoms with Gasteiger partial charge in [-0.25, -0.2) is 0 Å². The van der Waals surface area contributed by atoms with E-state index in [1.54, 1.807) is 12.1 Å². The van der Waals surface area contributed by atoms with Gasteiger partial charge in [-0.2, -0.15) is 0 Å². The summed E-state index contributed by atoms with van der Waals surface area (Å²) in [4.78, 5) is 33.3. The Balaban J connectivity index is 1.22. The molecular formula is C25H28N4O4S. The van der Waals surface area contributed by atoms with Crippen molar-refractivity contribution < 1.29 is 14.3 Å². The minimum Gasteiger partial charge on any atom is -0.454 e. The van der Waals surface area contributed by atoms with Crippen LogP contribution >= 0.6 is 12.2 Å². The number of aryl methyl sites for hydroxylation is 1. The molecule has 1 fully saturated rings. The van der Waals surface area contributed by atoms with E-state index in [1.165, 1.54) is 15.8 Å². The first kappa shape index (κ1) is 22.5. The standard InChI is InChI=1S/C25H28N4O4S/c1-16-5-3-6-18(11-16)28-10-9-27(14-17(28)2)23(30)7-4-8-29-24(31)19-12-21-22(33-15-32-21)13-20(19)26-25(29)34/h3,5-6,11-13,17H,4,7-10,14-15H2,1-2H3,(H,26,34). The fraction of sp³-hybridized carbons (Fsp3) is 0.400. The highest BCUT2D eigenvalue weighted by Gasteiger charge is 2.26. The Kier molecular flexibility index (Phi) is 6.03. The Morgan fingerprint density at radius 1 is 1.18 bits per heavy atom. The first-order valence-corrected chi connectivity index (χ1v) is 12.0. The SMILES string of the molecule is Cc1cccc(N2CCN(C(=O)CCCn3c(=S)[nH]c4cc5c(cc4c3=O)OCO5)CC2C)c1. The number of anilines is 1. The number of amides is 1. The Morgan fingerprint density at radius 2 is 1.97 bits per heavy atom. The molecule has 1 unspecified atom stereocenters. The molecule has 0 spiro atoms. The Morgan fingerprint density at radius 3 is 2.74 bits per heavy atom. The average Bonchev–Trinajstić information content (AvgIpc) is 3.27. The molecule has 2 aliphatic rings. The largest absolute Gasteiger partial charge is 0.454 e. The summed E-state index contributed by atoms with van der Waals surface area (Å²) in [5, 5.41) is 0.491. The maximum atomic E-state index is 13.0. The first-order valence-electron chi connectivity index (χ1n) is 11.6. The minimum atomic E-state index is -0.190. The van der Waals surface area contributed by atoms with Crippen LogP contribution in [0.3, 0.4) is 0 Å². The molecule has 1 atom stereocenters. The second-order valence-electron chi connectivity index (χ2n) is 8.96. The number of carbonyl (C=O) groups is 1. The number of fused-ring (bicyclic) bond motifs is 2. The smallest absolute Gasteiger partial charge is 0.262 e. The molecule has 8 nitrogen and oxygen atoms in total. The van der Waals surface area contributed by atoms with Gasteiger partial charge in [0.1, 0.15) is 0 Å². The third kappa shape index (κ3) is 4.27. The van der Waals surface area contributed by atoms with Crippen molar-refractivity contribution in [3.8, 4) is 11.5 Å². The normalized spacial score (nSPS) is 17.4. The number of rotatable bonds is 5. The van der Waals surface area contributed by atoms with Crippen LogP contribution in [-0.4, -0.2) is 52.8 Å². The molecule has 1 N–H and O–H groups in total. The van der Waals surface area contributed by atoms with Crippen LogP contribution in [0.2, 0.25) is 0 Å². The third-order valence-electron chi connectivity index (χ3n) is 6.56. The number of hydrogen-bond donors (Lipinski definition) is 1. The molecule has 0 aliphatic carbocycles. The monoisotopic (exact) mass is 480 g/mol. The first-order chi connectivity index (χ1) is 16.4. The summed E-state index contributed by atoms with van der Waals surface area (Å²) >= 11 is 5.42. The van der Waals surface area contributed by atoms with Gasteiger partial charge in [0, 0.05) is 50.4 Å². The van der Waals surface area contributed by atoms with Gasteiger partial charge in [-0.1, -0.05) is 12.1 Å². The molecule has 3 heterocycles. The van der Waals surface area contributed by atoms with Crippen molar-refractivity contribution in [3.63, 3.8) is 0 Å². The third-order valence-corrected chi connectivity index (χ3v) is 6.88. The van der Waals surface area contributed by atoms with Crippen LogP contribution in [0, 0.1) is 11.7 Å². The predicted octanol–water partition coefficient (Wildman–Crippen LogP) is 3.61. The number of piperazine rings is 1. The second-order valence-corrected chi connectivity index (χ2v) is 9.35. The number of aromatic amines is 1. The van der Waals surface area contributed by atoms with Crippen molar-refractivity contribution in [2.75, 3.05) is 31.3 Å². The topological polar surface area (TPSA) is 79.8 Å². The summed E-state index contributed by atoms with van der Waals surface area (Å²) in [7, 11) is 0. The number of nitrogens with one attached hydrogen (secondary N) is 1. The lowest BCUT2D eigenvalue weighted by atomic mass is 10.1. The summed E-state index contributed by atoms with van der Waals surface area (Å²) in [5.41, 5.74) is 2.86. The van der Waals surface area contributed by atoms with Crippen molar-refractivity contribution in [1.29, 1.82) is 0 Å². The maximum Gasteiger partial charge on any atom is 0.262 e. The lowest BCUT2D eigenvalue weighted by Gasteiger charge is -2.41. The molecule has 2 aliphatic heterocycles. The molecule has 3 aromatic rings. The van der Waals surface area contributed by atoms with Gasteiger partial charge in [0.15, 0.2) is 16.3 Å². The van der Waals surface area contributed by atoms with Gasteiger partial charge in [0.25, 0.3) is 5.56 Å². The van der Waals surface area contributed by atoms with Crippen molar-refractivity contribution in [2.24, 2.45) is 0 Å². The van der Waals surface area contributed by atoms with E-state index in [1.807, 2.05) is 4.90 Å². The zero-order valence-electron chi connectivity index (χ0n) is 19.4. The molecular weight excluding hydrogens is 452 g/mol. The highest BCUT2D eigenvalue weighted by atomic mass is 32.1. The molecule has 0 saturated carbocycles. The minimum absolute atomic E-state index is 0.114. The van der Waals surface area contributed by atoms with Gasteiger partial charge in [-0.15, -0.1) is 0 Å². The lowest BCUT2D eigenvalue weighted by Crippen LogP contribution is -2.53. The molecule has 178 valence electrons. The van der Waals surface area contributed by atoms with Gasteiger partial charge in [-0.05, 0) is 56.2 Å². The highest BCUT2D eigenvalue weighted by molar-refractivity contribution is 7.71. The molecule has 2 aromatic carbocycles. The van der Waals surface area contributed by atoms with Crippen molar-refractivity contribution in [1.82, 2.24) is 14.5 Å². The van der Waals surface area contributed by atoms with E-state index < -0.39 is 0 Å². The van der Waals surface area contributed by atoms with E-state index in [2.05, 4.69) is 48.0 Å². The summed E-state index contributed by atoms with van der Waals surface area (Å²) in [6.45, 7) is 6.96. The van der Waals surface area contributed by atoms with Gasteiger partial charge in [0.2, 0.25) is 12.7 Å². The van der Waals surface area contributed by atoms with Crippen molar-refractivity contribution in [3.05, 3.63) is 57.1 Å². The predicted molar refractivity (Wildman–Crippen MR) is 133 cm³/mol. The Labute approximate surface area is 202 Å². The molecule has 9 heteroatoms. The maximum absolute atomic E-state index is 13.0. The van der Waals surface area contributed by atoms with Crippen LogP contribution in [0.4, 0.5) is 5.69 Å². The van der Waals surface area contributed by atoms with Crippen LogP contribution in [-0.2, 0) is 11.3 Å². The van der Waals surface area contributed by atoms with E-state index in [0.717, 1.165) is 6.54 Å². The highest BCUT2D eigenvalue weighted by Crippen LogP contribution is 2.34. The molecule has 0 radical (unpaired) electrons. The number of benzene rings is 2. The number of H-pyrrole nitrogens is 1. The summed E-state index contributed by atoms with van der Waals surface area (Å²) in [6.07, 6.45) is 0.913. The quantitative estimate of drug-likeness (QED) is 0.562. The molecule has 34 heavy (non-hydrogen) atoms. The molecule has 5 rings (SSSR count). The van der Waals surface area contributed by atoms with Crippen LogP contribution in [0.1, 0.15) is 25.3 Å². The van der Waals surface area contributed by atoms with Crippen LogP contribution in [0.15, 0.2) is 41.2 Å². The van der Waals surface area contributed by atoms with Gasteiger partial charge >= 0.3 is 0 Å². The fourth-order valence-electron chi connectivity index (χ4n) is 4.77. The van der Waals surface area contributed by atoms with Crippen molar-refractivity contribution in [2.45, 2.75) is 39.3 Å². The summed E-state index contributed by atoms with van der Waals surface area (Å²) < 4.78 is 12.6. The second kappa shape index (κ2) is 9.13. The average molecular weight is 481 g/mol. The summed E-state index contributed by atoms with van der Waals surface area (Å²) in [5.74, 6) is 1.26. The fourth-order valence-corrected chi connectivity index (χ4v) is 5.05. The van der Waals surface area contributed by atoms with E-state index in [-0.39, 0.29) is 24.3 Å². The number of aromatic nitrogens is 2. The van der Waals surface area contributed by atoms with Crippen LogP contribution < -0.4 is 19.9 Å². The lowest BCUT2D eigenvalue weighted by molar-refractivity contribution is -0.132. The number of nitrogens with zero attached hydrogens (tertiary/aromatic N) is 3. The number of carbonyl (C=O) groups excluding carboxylic acids is 1. The Hall–Kier alpha value is -3.33. The zero-order chi connectivity index (χ0) is 23.8. The number of ether oxygens (including phenoxy) is 2. The molecule has 1 aromatic heterocycles. The Bertz CT molecular complexity index is 1370. The van der Waals surface area contributed by atoms with E-state index in [9.17, 15) is 9.59 Å². The van der Waals surface area contributed by atoms with Crippen LogP contribution in [0.25, 0.3) is 10.9 Å². The van der Waals surface area contributed by atoms with E-state index >= 15 is 0 Å². The van der Waals surface area contributed by atoms with Gasteiger partial charge in [0.05, 0.1) is 10.9 Å². The van der Waals surface area contributed by atoms with Crippen molar-refractivity contribution >= 4 is 34.7 Å². The molecule has 0 bridgehead atoms. The van der Waals surface area contributed by atoms with E-state index in [0.29, 0.717) is 59.6 Å². The zero-order valence-corrected chi connectivity index (χ0v) is 20.2.